The van der Waals surface area contributed by atoms with Gasteiger partial charge in [0.15, 0.2) is 0 Å². The Bertz CT molecular complexity index is 817. The van der Waals surface area contributed by atoms with Gasteiger partial charge >= 0.3 is 0 Å². The van der Waals surface area contributed by atoms with Crippen molar-refractivity contribution in [3.63, 3.8) is 0 Å². The van der Waals surface area contributed by atoms with E-state index in [9.17, 15) is 4.79 Å². The van der Waals surface area contributed by atoms with Crippen LogP contribution in [-0.2, 0) is 4.79 Å². The minimum atomic E-state index is -0.0200. The summed E-state index contributed by atoms with van der Waals surface area (Å²) in [5, 5.41) is 7.34. The number of carbonyl (C=O) groups excluding carboxylic acids is 1. The van der Waals surface area contributed by atoms with Crippen LogP contribution in [0, 0.1) is 5.92 Å². The van der Waals surface area contributed by atoms with E-state index < -0.39 is 0 Å². The van der Waals surface area contributed by atoms with Crippen molar-refractivity contribution < 1.29 is 9.32 Å². The lowest BCUT2D eigenvalue weighted by molar-refractivity contribution is -0.125. The van der Waals surface area contributed by atoms with Crippen molar-refractivity contribution >= 4 is 11.7 Å². The summed E-state index contributed by atoms with van der Waals surface area (Å²) in [6.07, 6.45) is 8.08. The highest BCUT2D eigenvalue weighted by molar-refractivity contribution is 5.80. The number of nitrogens with zero attached hydrogens (tertiary/aromatic N) is 4. The van der Waals surface area contributed by atoms with Gasteiger partial charge in [-0.1, -0.05) is 18.5 Å². The number of nitrogens with one attached hydrogen (secondary N) is 1. The molecule has 2 fully saturated rings. The molecule has 28 heavy (non-hydrogen) atoms. The molecule has 2 atom stereocenters. The van der Waals surface area contributed by atoms with E-state index in [0.29, 0.717) is 18.3 Å². The van der Waals surface area contributed by atoms with Gasteiger partial charge in [-0.05, 0) is 51.2 Å². The molecular weight excluding hydrogens is 354 g/mol. The van der Waals surface area contributed by atoms with Crippen LogP contribution >= 0.6 is 0 Å². The second kappa shape index (κ2) is 8.29. The van der Waals surface area contributed by atoms with E-state index in [1.54, 1.807) is 6.20 Å². The third-order valence-electron chi connectivity index (χ3n) is 6.02. The minimum Gasteiger partial charge on any atom is -0.355 e. The van der Waals surface area contributed by atoms with Crippen LogP contribution in [0.1, 0.15) is 64.2 Å². The summed E-state index contributed by atoms with van der Waals surface area (Å²) in [5.74, 6) is 2.70. The summed E-state index contributed by atoms with van der Waals surface area (Å²) in [6.45, 7) is 5.68. The van der Waals surface area contributed by atoms with Crippen LogP contribution in [0.15, 0.2) is 22.9 Å². The van der Waals surface area contributed by atoms with Gasteiger partial charge in [0.1, 0.15) is 5.82 Å². The highest BCUT2D eigenvalue weighted by Crippen LogP contribution is 2.37. The molecule has 4 rings (SSSR count). The van der Waals surface area contributed by atoms with E-state index in [0.717, 1.165) is 55.9 Å². The standard InChI is InChI=1S/C21H29N5O2/c1-3-14(2)23-20(27)16-9-6-12-26(13-16)19-17(10-5-11-22-19)18-24-21(28-25-18)15-7-4-8-15/h5,10-11,14-16H,3-4,6-9,12-13H2,1-2H3,(H,23,27)/t14-,16-/m1/s1. The monoisotopic (exact) mass is 383 g/mol. The van der Waals surface area contributed by atoms with E-state index in [-0.39, 0.29) is 17.9 Å². The van der Waals surface area contributed by atoms with Crippen LogP contribution in [0.2, 0.25) is 0 Å². The third-order valence-corrected chi connectivity index (χ3v) is 6.02. The SMILES string of the molecule is CC[C@@H](C)NC(=O)[C@@H]1CCCN(c2ncccc2-c2noc(C3CCC3)n2)C1. The van der Waals surface area contributed by atoms with Crippen molar-refractivity contribution in [1.29, 1.82) is 0 Å². The number of anilines is 1. The molecular formula is C21H29N5O2. The van der Waals surface area contributed by atoms with Crippen LogP contribution in [0.5, 0.6) is 0 Å². The van der Waals surface area contributed by atoms with Crippen LogP contribution in [0.25, 0.3) is 11.4 Å². The lowest BCUT2D eigenvalue weighted by atomic mass is 9.85. The number of rotatable bonds is 6. The Morgan fingerprint density at radius 3 is 2.96 bits per heavy atom. The molecule has 2 aromatic rings. The predicted octanol–water partition coefficient (Wildman–Crippen LogP) is 3.53. The van der Waals surface area contributed by atoms with Gasteiger partial charge in [-0.15, -0.1) is 0 Å². The van der Waals surface area contributed by atoms with Crippen LogP contribution < -0.4 is 10.2 Å². The molecule has 7 heteroatoms. The number of aromatic nitrogens is 3. The Kier molecular flexibility index (Phi) is 5.59. The largest absolute Gasteiger partial charge is 0.355 e. The van der Waals surface area contributed by atoms with E-state index in [1.165, 1.54) is 6.42 Å². The topological polar surface area (TPSA) is 84.2 Å². The zero-order valence-corrected chi connectivity index (χ0v) is 16.7. The molecule has 1 saturated carbocycles. The molecule has 150 valence electrons. The third kappa shape index (κ3) is 3.88. The lowest BCUT2D eigenvalue weighted by Gasteiger charge is -2.34. The van der Waals surface area contributed by atoms with Crippen LogP contribution in [0.4, 0.5) is 5.82 Å². The van der Waals surface area contributed by atoms with E-state index in [2.05, 4.69) is 32.3 Å². The molecule has 1 saturated heterocycles. The van der Waals surface area contributed by atoms with Gasteiger partial charge < -0.3 is 14.7 Å². The smallest absolute Gasteiger partial charge is 0.230 e. The molecule has 2 aromatic heterocycles. The summed E-state index contributed by atoms with van der Waals surface area (Å²) in [7, 11) is 0. The normalized spacial score (nSPS) is 21.2. The number of piperidine rings is 1. The number of hydrogen-bond acceptors (Lipinski definition) is 6. The Hall–Kier alpha value is -2.44. The maximum atomic E-state index is 12.6. The van der Waals surface area contributed by atoms with Gasteiger partial charge in [0.25, 0.3) is 0 Å². The first kappa shape index (κ1) is 18.9. The average molecular weight is 383 g/mol. The molecule has 0 spiro atoms. The molecule has 0 bridgehead atoms. The molecule has 0 unspecified atom stereocenters. The summed E-state index contributed by atoms with van der Waals surface area (Å²) < 4.78 is 5.51. The van der Waals surface area contributed by atoms with Crippen molar-refractivity contribution in [2.75, 3.05) is 18.0 Å². The lowest BCUT2D eigenvalue weighted by Crippen LogP contribution is -2.45. The number of carbonyl (C=O) groups is 1. The summed E-state index contributed by atoms with van der Waals surface area (Å²) in [5.41, 5.74) is 0.875. The molecule has 1 amide bonds. The van der Waals surface area contributed by atoms with E-state index >= 15 is 0 Å². The van der Waals surface area contributed by atoms with Crippen LogP contribution in [-0.4, -0.2) is 40.2 Å². The van der Waals surface area contributed by atoms with Crippen molar-refractivity contribution in [3.8, 4) is 11.4 Å². The molecule has 0 aromatic carbocycles. The summed E-state index contributed by atoms with van der Waals surface area (Å²) in [6, 6.07) is 4.09. The highest BCUT2D eigenvalue weighted by Gasteiger charge is 2.30. The van der Waals surface area contributed by atoms with Crippen LogP contribution in [0.3, 0.4) is 0 Å². The van der Waals surface area contributed by atoms with E-state index in [1.807, 2.05) is 19.1 Å². The number of pyridine rings is 1. The Balaban J connectivity index is 1.52. The zero-order valence-electron chi connectivity index (χ0n) is 16.7. The second-order valence-corrected chi connectivity index (χ2v) is 8.06. The van der Waals surface area contributed by atoms with Crippen molar-refractivity contribution in [3.05, 3.63) is 24.2 Å². The molecule has 1 aliphatic heterocycles. The second-order valence-electron chi connectivity index (χ2n) is 8.06. The average Bonchev–Trinajstić information content (AvgIpc) is 3.16. The Morgan fingerprint density at radius 2 is 2.21 bits per heavy atom. The fourth-order valence-electron chi connectivity index (χ4n) is 3.84. The minimum absolute atomic E-state index is 0.0200. The first-order valence-electron chi connectivity index (χ1n) is 10.5. The molecule has 2 aliphatic rings. The van der Waals surface area contributed by atoms with Crippen molar-refractivity contribution in [2.45, 2.75) is 64.3 Å². The van der Waals surface area contributed by atoms with Gasteiger partial charge in [0.2, 0.25) is 17.6 Å². The maximum Gasteiger partial charge on any atom is 0.230 e. The molecule has 1 aliphatic carbocycles. The molecule has 3 heterocycles. The predicted molar refractivity (Wildman–Crippen MR) is 107 cm³/mol. The fourth-order valence-corrected chi connectivity index (χ4v) is 3.84. The summed E-state index contributed by atoms with van der Waals surface area (Å²) in [4.78, 5) is 24.1. The Morgan fingerprint density at radius 1 is 1.36 bits per heavy atom. The number of hydrogen-bond donors (Lipinski definition) is 1. The quantitative estimate of drug-likeness (QED) is 0.821. The van der Waals surface area contributed by atoms with Gasteiger partial charge in [0.05, 0.1) is 11.5 Å². The van der Waals surface area contributed by atoms with Gasteiger partial charge in [0, 0.05) is 31.2 Å². The first-order valence-corrected chi connectivity index (χ1v) is 10.5. The van der Waals surface area contributed by atoms with Crippen molar-refractivity contribution in [1.82, 2.24) is 20.4 Å². The Labute approximate surface area is 165 Å². The zero-order chi connectivity index (χ0) is 19.5. The first-order chi connectivity index (χ1) is 13.7. The van der Waals surface area contributed by atoms with Crippen molar-refractivity contribution in [2.24, 2.45) is 5.92 Å². The van der Waals surface area contributed by atoms with Gasteiger partial charge in [-0.25, -0.2) is 4.98 Å². The highest BCUT2D eigenvalue weighted by atomic mass is 16.5. The summed E-state index contributed by atoms with van der Waals surface area (Å²) >= 11 is 0. The van der Waals surface area contributed by atoms with Gasteiger partial charge in [-0.2, -0.15) is 4.98 Å². The molecule has 0 radical (unpaired) electrons. The van der Waals surface area contributed by atoms with Gasteiger partial charge in [-0.3, -0.25) is 4.79 Å². The molecule has 1 N–H and O–H groups in total. The molecule has 7 nitrogen and oxygen atoms in total. The fraction of sp³-hybridized carbons (Fsp3) is 0.619. The number of amides is 1. The van der Waals surface area contributed by atoms with E-state index in [4.69, 9.17) is 4.52 Å². The maximum absolute atomic E-state index is 12.6.